The van der Waals surface area contributed by atoms with E-state index < -0.39 is 10.0 Å². The van der Waals surface area contributed by atoms with Crippen molar-refractivity contribution in [1.29, 1.82) is 0 Å². The van der Waals surface area contributed by atoms with E-state index in [9.17, 15) is 13.2 Å². The molecule has 0 N–H and O–H groups in total. The van der Waals surface area contributed by atoms with Crippen molar-refractivity contribution >= 4 is 27.3 Å². The molecule has 2 aliphatic heterocycles. The number of aromatic nitrogens is 1. The van der Waals surface area contributed by atoms with Crippen LogP contribution in [0.1, 0.15) is 47.9 Å². The predicted octanol–water partition coefficient (Wildman–Crippen LogP) is 3.39. The fourth-order valence-electron chi connectivity index (χ4n) is 4.92. The predicted molar refractivity (Wildman–Crippen MR) is 116 cm³/mol. The highest BCUT2D eigenvalue weighted by atomic mass is 32.2. The second-order valence-electron chi connectivity index (χ2n) is 8.67. The molecule has 30 heavy (non-hydrogen) atoms. The van der Waals surface area contributed by atoms with E-state index in [4.69, 9.17) is 0 Å². The molecule has 3 heterocycles. The van der Waals surface area contributed by atoms with E-state index in [0.29, 0.717) is 36.7 Å². The first kappa shape index (κ1) is 20.2. The lowest BCUT2D eigenvalue weighted by Gasteiger charge is -2.39. The van der Waals surface area contributed by atoms with Gasteiger partial charge in [0.05, 0.1) is 22.1 Å². The van der Waals surface area contributed by atoms with E-state index in [0.717, 1.165) is 24.2 Å². The number of nitrogens with zero attached hydrogens (tertiary/aromatic N) is 3. The van der Waals surface area contributed by atoms with Gasteiger partial charge in [0.1, 0.15) is 0 Å². The summed E-state index contributed by atoms with van der Waals surface area (Å²) >= 11 is 1.70. The lowest BCUT2D eigenvalue weighted by atomic mass is 9.92. The number of thiazole rings is 1. The molecule has 2 fully saturated rings. The molecule has 1 aromatic carbocycles. The standard InChI is InChI=1S/C22H27N3O3S2/c1-15-4-2-3-5-19(15)30(27,28)24-11-8-17(9-12-24)22(26)25-13-10-18-20(23-14-29-18)21(25)16-6-7-16/h2-5,14,16-17,21H,6-13H2,1H3/t21-/m1/s1. The average molecular weight is 446 g/mol. The van der Waals surface area contributed by atoms with Crippen LogP contribution in [0.15, 0.2) is 34.7 Å². The molecule has 8 heteroatoms. The molecular formula is C22H27N3O3S2. The van der Waals surface area contributed by atoms with Gasteiger partial charge in [-0.15, -0.1) is 11.3 Å². The summed E-state index contributed by atoms with van der Waals surface area (Å²) in [6.45, 7) is 3.38. The zero-order chi connectivity index (χ0) is 20.9. The van der Waals surface area contributed by atoms with Crippen molar-refractivity contribution in [2.45, 2.75) is 50.0 Å². The lowest BCUT2D eigenvalue weighted by molar-refractivity contribution is -0.140. The Balaban J connectivity index is 1.29. The van der Waals surface area contributed by atoms with E-state index in [1.165, 1.54) is 17.7 Å². The number of hydrogen-bond acceptors (Lipinski definition) is 5. The largest absolute Gasteiger partial charge is 0.333 e. The number of carbonyl (C=O) groups is 1. The summed E-state index contributed by atoms with van der Waals surface area (Å²) < 4.78 is 27.7. The van der Waals surface area contributed by atoms with Crippen LogP contribution in [0, 0.1) is 18.8 Å². The minimum atomic E-state index is -3.51. The zero-order valence-electron chi connectivity index (χ0n) is 17.2. The lowest BCUT2D eigenvalue weighted by Crippen LogP contribution is -2.47. The summed E-state index contributed by atoms with van der Waals surface area (Å²) in [6.07, 6.45) is 4.38. The Hall–Kier alpha value is -1.77. The summed E-state index contributed by atoms with van der Waals surface area (Å²) in [7, 11) is -3.51. The van der Waals surface area contributed by atoms with E-state index in [-0.39, 0.29) is 17.9 Å². The summed E-state index contributed by atoms with van der Waals surface area (Å²) in [5.74, 6) is 0.630. The number of piperidine rings is 1. The van der Waals surface area contributed by atoms with E-state index >= 15 is 0 Å². The fraction of sp³-hybridized carbons (Fsp3) is 0.545. The third-order valence-electron chi connectivity index (χ3n) is 6.73. The van der Waals surface area contributed by atoms with E-state index in [1.54, 1.807) is 27.8 Å². The molecule has 1 amide bonds. The van der Waals surface area contributed by atoms with Gasteiger partial charge in [-0.2, -0.15) is 4.31 Å². The van der Waals surface area contributed by atoms with Crippen LogP contribution in [0.5, 0.6) is 0 Å². The van der Waals surface area contributed by atoms with Gasteiger partial charge in [-0.3, -0.25) is 4.79 Å². The molecule has 1 saturated heterocycles. The zero-order valence-corrected chi connectivity index (χ0v) is 18.8. The first-order valence-corrected chi connectivity index (χ1v) is 13.1. The third-order valence-corrected chi connectivity index (χ3v) is 9.70. The van der Waals surface area contributed by atoms with Gasteiger partial charge >= 0.3 is 0 Å². The Morgan fingerprint density at radius 2 is 1.83 bits per heavy atom. The quantitative estimate of drug-likeness (QED) is 0.723. The van der Waals surface area contributed by atoms with Crippen LogP contribution in [0.25, 0.3) is 0 Å². The van der Waals surface area contributed by atoms with Crippen LogP contribution in [0.4, 0.5) is 0 Å². The molecular weight excluding hydrogens is 418 g/mol. The molecule has 0 bridgehead atoms. The number of amides is 1. The number of benzene rings is 1. The highest BCUT2D eigenvalue weighted by Gasteiger charge is 2.45. The third kappa shape index (κ3) is 3.48. The number of aryl methyl sites for hydroxylation is 1. The van der Waals surface area contributed by atoms with E-state index in [2.05, 4.69) is 9.88 Å². The maximum Gasteiger partial charge on any atom is 0.243 e. The van der Waals surface area contributed by atoms with Gasteiger partial charge in [-0.25, -0.2) is 13.4 Å². The molecule has 3 aliphatic rings. The minimum absolute atomic E-state index is 0.102. The van der Waals surface area contributed by atoms with Crippen molar-refractivity contribution in [3.63, 3.8) is 0 Å². The SMILES string of the molecule is Cc1ccccc1S(=O)(=O)N1CCC(C(=O)N2CCc3scnc3[C@H]2C2CC2)CC1. The molecule has 1 aromatic heterocycles. The molecule has 6 nitrogen and oxygen atoms in total. The molecule has 1 aliphatic carbocycles. The van der Waals surface area contributed by atoms with Gasteiger partial charge in [0.25, 0.3) is 0 Å². The summed E-state index contributed by atoms with van der Waals surface area (Å²) in [5.41, 5.74) is 3.78. The highest BCUT2D eigenvalue weighted by Crippen LogP contribution is 2.48. The Kier molecular flexibility index (Phi) is 5.19. The van der Waals surface area contributed by atoms with Crippen molar-refractivity contribution in [1.82, 2.24) is 14.2 Å². The molecule has 0 radical (unpaired) electrons. The number of fused-ring (bicyclic) bond motifs is 1. The van der Waals surface area contributed by atoms with Gasteiger partial charge in [-0.05, 0) is 50.2 Å². The first-order chi connectivity index (χ1) is 14.5. The van der Waals surface area contributed by atoms with Gasteiger partial charge < -0.3 is 4.90 Å². The van der Waals surface area contributed by atoms with Crippen LogP contribution in [-0.2, 0) is 21.2 Å². The second kappa shape index (κ2) is 7.73. The van der Waals surface area contributed by atoms with Gasteiger partial charge in [-0.1, -0.05) is 18.2 Å². The van der Waals surface area contributed by atoms with Crippen LogP contribution < -0.4 is 0 Å². The van der Waals surface area contributed by atoms with Crippen molar-refractivity contribution in [2.24, 2.45) is 11.8 Å². The van der Waals surface area contributed by atoms with Gasteiger partial charge in [0.15, 0.2) is 0 Å². The smallest absolute Gasteiger partial charge is 0.243 e. The summed E-state index contributed by atoms with van der Waals surface area (Å²) in [5, 5.41) is 0. The Morgan fingerprint density at radius 1 is 1.10 bits per heavy atom. The molecule has 5 rings (SSSR count). The monoisotopic (exact) mass is 445 g/mol. The fourth-order valence-corrected chi connectivity index (χ4v) is 7.41. The van der Waals surface area contributed by atoms with Crippen LogP contribution in [0.3, 0.4) is 0 Å². The maximum atomic E-state index is 13.4. The van der Waals surface area contributed by atoms with Crippen molar-refractivity contribution in [2.75, 3.05) is 19.6 Å². The Morgan fingerprint density at radius 3 is 2.53 bits per heavy atom. The molecule has 2 aromatic rings. The van der Waals surface area contributed by atoms with E-state index in [1.807, 2.05) is 24.6 Å². The van der Waals surface area contributed by atoms with Crippen molar-refractivity contribution < 1.29 is 13.2 Å². The van der Waals surface area contributed by atoms with Crippen molar-refractivity contribution in [3.05, 3.63) is 45.9 Å². The average Bonchev–Trinajstić information content (AvgIpc) is 3.48. The number of rotatable bonds is 4. The summed E-state index contributed by atoms with van der Waals surface area (Å²) in [4.78, 5) is 21.8. The van der Waals surface area contributed by atoms with Crippen LogP contribution in [-0.4, -0.2) is 48.1 Å². The topological polar surface area (TPSA) is 70.6 Å². The second-order valence-corrected chi connectivity index (χ2v) is 11.5. The van der Waals surface area contributed by atoms with Crippen LogP contribution >= 0.6 is 11.3 Å². The van der Waals surface area contributed by atoms with Crippen molar-refractivity contribution in [3.8, 4) is 0 Å². The minimum Gasteiger partial charge on any atom is -0.333 e. The molecule has 0 unspecified atom stereocenters. The number of carbonyl (C=O) groups excluding carboxylic acids is 1. The van der Waals surface area contributed by atoms with Gasteiger partial charge in [0, 0.05) is 36.9 Å². The van der Waals surface area contributed by atoms with Crippen LogP contribution in [0.2, 0.25) is 0 Å². The number of hydrogen-bond donors (Lipinski definition) is 0. The molecule has 160 valence electrons. The van der Waals surface area contributed by atoms with Gasteiger partial charge in [0.2, 0.25) is 15.9 Å². The number of sulfonamides is 1. The summed E-state index contributed by atoms with van der Waals surface area (Å²) in [6, 6.07) is 7.23. The Bertz CT molecular complexity index is 1050. The molecule has 1 saturated carbocycles. The Labute approximate surface area is 182 Å². The normalized spacial score (nSPS) is 23.4. The first-order valence-electron chi connectivity index (χ1n) is 10.8. The molecule has 0 spiro atoms. The molecule has 1 atom stereocenters. The maximum absolute atomic E-state index is 13.4. The highest BCUT2D eigenvalue weighted by molar-refractivity contribution is 7.89.